The first-order valence-corrected chi connectivity index (χ1v) is 10.7. The number of amides is 2. The molecular formula is C23H32N2O3. The number of nitrogens with one attached hydrogen (secondary N) is 1. The summed E-state index contributed by atoms with van der Waals surface area (Å²) < 4.78 is 5.31. The molecule has 5 heteroatoms. The molecule has 1 aliphatic carbocycles. The average molecular weight is 385 g/mol. The van der Waals surface area contributed by atoms with E-state index in [4.69, 9.17) is 4.74 Å². The van der Waals surface area contributed by atoms with Gasteiger partial charge in [0.25, 0.3) is 0 Å². The van der Waals surface area contributed by atoms with Gasteiger partial charge in [-0.1, -0.05) is 24.3 Å². The topological polar surface area (TPSA) is 58.6 Å². The van der Waals surface area contributed by atoms with E-state index in [-0.39, 0.29) is 12.0 Å². The average Bonchev–Trinajstić information content (AvgIpc) is 3.22. The lowest BCUT2D eigenvalue weighted by Crippen LogP contribution is -2.38. The largest absolute Gasteiger partial charge is 0.444 e. The lowest BCUT2D eigenvalue weighted by Gasteiger charge is -2.32. The number of carbonyl (C=O) groups is 2. The first-order chi connectivity index (χ1) is 13.3. The lowest BCUT2D eigenvalue weighted by atomic mass is 9.81. The normalized spacial score (nSPS) is 28.8. The van der Waals surface area contributed by atoms with Crippen LogP contribution in [0, 0.1) is 11.8 Å². The molecule has 2 bridgehead atoms. The van der Waals surface area contributed by atoms with Crippen LogP contribution in [-0.4, -0.2) is 29.0 Å². The van der Waals surface area contributed by atoms with Crippen LogP contribution in [0.25, 0.3) is 0 Å². The highest BCUT2D eigenvalue weighted by Gasteiger charge is 2.47. The number of nitrogens with zero attached hydrogens (tertiary/aromatic N) is 1. The second-order valence-electron chi connectivity index (χ2n) is 9.58. The predicted octanol–water partition coefficient (Wildman–Crippen LogP) is 4.74. The molecule has 4 rings (SSSR count). The molecule has 2 aliphatic heterocycles. The summed E-state index contributed by atoms with van der Waals surface area (Å²) in [5.74, 6) is 0.918. The van der Waals surface area contributed by atoms with Crippen molar-refractivity contribution in [3.63, 3.8) is 0 Å². The van der Waals surface area contributed by atoms with E-state index in [2.05, 4.69) is 34.5 Å². The van der Waals surface area contributed by atoms with E-state index in [0.717, 1.165) is 38.5 Å². The van der Waals surface area contributed by atoms with Crippen molar-refractivity contribution in [2.45, 2.75) is 77.0 Å². The molecule has 2 amide bonds. The summed E-state index contributed by atoms with van der Waals surface area (Å²) in [4.78, 5) is 27.3. The van der Waals surface area contributed by atoms with Gasteiger partial charge in [0.2, 0.25) is 5.91 Å². The molecule has 1 aromatic rings. The number of ether oxygens (including phenoxy) is 1. The van der Waals surface area contributed by atoms with E-state index in [1.54, 1.807) is 0 Å². The van der Waals surface area contributed by atoms with E-state index in [1.807, 2.05) is 20.8 Å². The predicted molar refractivity (Wildman–Crippen MR) is 108 cm³/mol. The van der Waals surface area contributed by atoms with Crippen molar-refractivity contribution in [1.29, 1.82) is 0 Å². The van der Waals surface area contributed by atoms with Gasteiger partial charge in [-0.3, -0.25) is 4.79 Å². The summed E-state index contributed by atoms with van der Waals surface area (Å²) >= 11 is 0. The van der Waals surface area contributed by atoms with E-state index in [0.29, 0.717) is 30.5 Å². The second kappa shape index (κ2) is 7.41. The van der Waals surface area contributed by atoms with Gasteiger partial charge in [-0.15, -0.1) is 0 Å². The highest BCUT2D eigenvalue weighted by molar-refractivity contribution is 5.81. The quantitative estimate of drug-likeness (QED) is 0.819. The molecule has 2 unspecified atom stereocenters. The van der Waals surface area contributed by atoms with Crippen LogP contribution < -0.4 is 5.32 Å². The first-order valence-electron chi connectivity index (χ1n) is 10.7. The molecule has 1 saturated carbocycles. The van der Waals surface area contributed by atoms with Gasteiger partial charge in [0.15, 0.2) is 0 Å². The van der Waals surface area contributed by atoms with Crippen LogP contribution in [0.2, 0.25) is 0 Å². The van der Waals surface area contributed by atoms with Crippen LogP contribution in [0.4, 0.5) is 4.79 Å². The van der Waals surface area contributed by atoms with Gasteiger partial charge in [-0.2, -0.15) is 0 Å². The summed E-state index contributed by atoms with van der Waals surface area (Å²) in [5, 5.41) is 2.89. The first kappa shape index (κ1) is 19.3. The summed E-state index contributed by atoms with van der Waals surface area (Å²) in [6, 6.07) is 9.15. The van der Waals surface area contributed by atoms with Gasteiger partial charge >= 0.3 is 6.09 Å². The Morgan fingerprint density at radius 1 is 1.00 bits per heavy atom. The molecule has 1 N–H and O–H groups in total. The van der Waals surface area contributed by atoms with Crippen molar-refractivity contribution in [2.24, 2.45) is 11.8 Å². The number of hydrogen-bond donors (Lipinski definition) is 1. The molecule has 0 aromatic heterocycles. The SMILES string of the molecule is CC(C)(C)OC(=O)NC[C@H]1CC[C@H](C(=O)N2C3CCC2c2ccccc23)CC1. The van der Waals surface area contributed by atoms with Crippen molar-refractivity contribution in [2.75, 3.05) is 6.54 Å². The van der Waals surface area contributed by atoms with Crippen molar-refractivity contribution in [3.05, 3.63) is 35.4 Å². The summed E-state index contributed by atoms with van der Waals surface area (Å²) in [5.41, 5.74) is 2.26. The maximum Gasteiger partial charge on any atom is 0.407 e. The minimum atomic E-state index is -0.471. The summed E-state index contributed by atoms with van der Waals surface area (Å²) in [7, 11) is 0. The molecule has 2 heterocycles. The maximum atomic E-state index is 13.3. The van der Waals surface area contributed by atoms with Crippen LogP contribution >= 0.6 is 0 Å². The van der Waals surface area contributed by atoms with Gasteiger partial charge in [0.1, 0.15) is 5.60 Å². The lowest BCUT2D eigenvalue weighted by molar-refractivity contribution is -0.139. The summed E-state index contributed by atoms with van der Waals surface area (Å²) in [6.45, 7) is 6.24. The third kappa shape index (κ3) is 3.76. The fourth-order valence-corrected chi connectivity index (χ4v) is 5.21. The van der Waals surface area contributed by atoms with Gasteiger partial charge in [-0.05, 0) is 76.3 Å². The Hall–Kier alpha value is -2.04. The van der Waals surface area contributed by atoms with Crippen LogP contribution in [0.1, 0.15) is 82.5 Å². The molecule has 5 nitrogen and oxygen atoms in total. The van der Waals surface area contributed by atoms with Gasteiger partial charge in [0.05, 0.1) is 12.1 Å². The Kier molecular flexibility index (Phi) is 5.11. The van der Waals surface area contributed by atoms with Crippen LogP contribution in [0.5, 0.6) is 0 Å². The van der Waals surface area contributed by atoms with E-state index < -0.39 is 5.60 Å². The molecular weight excluding hydrogens is 352 g/mol. The molecule has 28 heavy (non-hydrogen) atoms. The molecule has 152 valence electrons. The molecule has 2 fully saturated rings. The Labute approximate surface area is 167 Å². The maximum absolute atomic E-state index is 13.3. The fraction of sp³-hybridized carbons (Fsp3) is 0.652. The zero-order chi connectivity index (χ0) is 19.9. The van der Waals surface area contributed by atoms with Gasteiger partial charge < -0.3 is 15.0 Å². The van der Waals surface area contributed by atoms with Crippen molar-refractivity contribution in [3.8, 4) is 0 Å². The molecule has 0 spiro atoms. The van der Waals surface area contributed by atoms with Gasteiger partial charge in [-0.25, -0.2) is 4.79 Å². The second-order valence-corrected chi connectivity index (χ2v) is 9.58. The minimum Gasteiger partial charge on any atom is -0.444 e. The van der Waals surface area contributed by atoms with E-state index >= 15 is 0 Å². The minimum absolute atomic E-state index is 0.134. The van der Waals surface area contributed by atoms with Crippen LogP contribution in [0.15, 0.2) is 24.3 Å². The molecule has 1 saturated heterocycles. The summed E-state index contributed by atoms with van der Waals surface area (Å²) in [6.07, 6.45) is 5.67. The van der Waals surface area contributed by atoms with Crippen LogP contribution in [0.3, 0.4) is 0 Å². The van der Waals surface area contributed by atoms with Crippen molar-refractivity contribution < 1.29 is 14.3 Å². The Morgan fingerprint density at radius 3 is 2.11 bits per heavy atom. The standard InChI is InChI=1S/C23H32N2O3/c1-23(2,3)28-22(27)24-14-15-8-10-16(11-9-15)21(26)25-19-12-13-20(25)18-7-5-4-6-17(18)19/h4-7,15-16,19-20H,8-14H2,1-3H3,(H,24,27)/t15-,16-,19?,20?. The van der Waals surface area contributed by atoms with Crippen molar-refractivity contribution in [1.82, 2.24) is 10.2 Å². The third-order valence-electron chi connectivity index (χ3n) is 6.48. The van der Waals surface area contributed by atoms with E-state index in [9.17, 15) is 9.59 Å². The number of alkyl carbamates (subject to hydrolysis) is 1. The Bertz CT molecular complexity index is 715. The smallest absolute Gasteiger partial charge is 0.407 e. The monoisotopic (exact) mass is 384 g/mol. The van der Waals surface area contributed by atoms with Crippen molar-refractivity contribution >= 4 is 12.0 Å². The molecule has 0 radical (unpaired) electrons. The number of rotatable bonds is 3. The Balaban J connectivity index is 1.28. The number of hydrogen-bond acceptors (Lipinski definition) is 3. The molecule has 3 aliphatic rings. The van der Waals surface area contributed by atoms with E-state index in [1.165, 1.54) is 11.1 Å². The zero-order valence-electron chi connectivity index (χ0n) is 17.2. The highest BCUT2D eigenvalue weighted by atomic mass is 16.6. The molecule has 2 atom stereocenters. The molecule has 1 aromatic carbocycles. The van der Waals surface area contributed by atoms with Crippen LogP contribution in [-0.2, 0) is 9.53 Å². The number of benzene rings is 1. The highest BCUT2D eigenvalue weighted by Crippen LogP contribution is 2.53. The fourth-order valence-electron chi connectivity index (χ4n) is 5.21. The van der Waals surface area contributed by atoms with Gasteiger partial charge in [0, 0.05) is 12.5 Å². The number of carbonyl (C=O) groups excluding carboxylic acids is 2. The number of fused-ring (bicyclic) bond motifs is 5. The third-order valence-corrected chi connectivity index (χ3v) is 6.48. The zero-order valence-corrected chi connectivity index (χ0v) is 17.2. The Morgan fingerprint density at radius 2 is 1.57 bits per heavy atom.